The fourth-order valence-electron chi connectivity index (χ4n) is 1.12. The number of hydrogen-bond acceptors (Lipinski definition) is 1. The maximum Gasteiger partial charge on any atom is 0.350 e. The molecular weight excluding hydrogens is 142 g/mol. The molecule has 0 aliphatic carbocycles. The largest absolute Gasteiger partial charge is 0.350 e. The first kappa shape index (κ1) is 6.15. The maximum atomic E-state index is 11.2. The summed E-state index contributed by atoms with van der Waals surface area (Å²) >= 11 is 0. The van der Waals surface area contributed by atoms with Crippen LogP contribution in [0.15, 0.2) is 23.4 Å². The van der Waals surface area contributed by atoms with E-state index >= 15 is 0 Å². The van der Waals surface area contributed by atoms with Crippen LogP contribution in [0.2, 0.25) is 0 Å². The Morgan fingerprint density at radius 2 is 2.36 bits per heavy atom. The van der Waals surface area contributed by atoms with Crippen molar-refractivity contribution in [2.75, 3.05) is 0 Å². The number of aryl methyl sites for hydroxylation is 1. The van der Waals surface area contributed by atoms with Crippen LogP contribution in [-0.4, -0.2) is 9.97 Å². The zero-order valence-corrected chi connectivity index (χ0v) is 6.09. The summed E-state index contributed by atoms with van der Waals surface area (Å²) in [4.78, 5) is 16.7. The van der Waals surface area contributed by atoms with E-state index in [2.05, 4.69) is 9.97 Å². The number of aromatic amines is 2. The molecule has 0 atom stereocenters. The van der Waals surface area contributed by atoms with E-state index in [0.29, 0.717) is 5.65 Å². The fourth-order valence-corrected chi connectivity index (χ4v) is 1.12. The number of fused-ring (bicyclic) bond motifs is 1. The van der Waals surface area contributed by atoms with Crippen LogP contribution in [0, 0.1) is 6.92 Å². The van der Waals surface area contributed by atoms with Gasteiger partial charge in [-0.2, -0.15) is 4.40 Å². The van der Waals surface area contributed by atoms with Gasteiger partial charge in [-0.1, -0.05) is 0 Å². The molecule has 0 aliphatic heterocycles. The van der Waals surface area contributed by atoms with Crippen LogP contribution < -0.4 is 9.96 Å². The van der Waals surface area contributed by atoms with Gasteiger partial charge in [-0.25, -0.2) is 4.98 Å². The summed E-state index contributed by atoms with van der Waals surface area (Å²) in [5.74, 6) is 0. The zero-order valence-electron chi connectivity index (χ0n) is 6.09. The maximum absolute atomic E-state index is 11.2. The summed E-state index contributed by atoms with van der Waals surface area (Å²) in [5, 5.41) is 0. The summed E-state index contributed by atoms with van der Waals surface area (Å²) in [6.45, 7) is 1.85. The Labute approximate surface area is 62.5 Å². The summed E-state index contributed by atoms with van der Waals surface area (Å²) in [6, 6.07) is 0. The van der Waals surface area contributed by atoms with Gasteiger partial charge in [0.2, 0.25) is 0 Å². The predicted molar refractivity (Wildman–Crippen MR) is 39.3 cm³/mol. The smallest absolute Gasteiger partial charge is 0.316 e. The van der Waals surface area contributed by atoms with Gasteiger partial charge in [0, 0.05) is 0 Å². The molecule has 2 N–H and O–H groups in total. The highest BCUT2D eigenvalue weighted by Gasteiger charge is 2.05. The van der Waals surface area contributed by atoms with Crippen LogP contribution >= 0.6 is 0 Å². The lowest BCUT2D eigenvalue weighted by Crippen LogP contribution is -2.28. The molecule has 0 saturated carbocycles. The van der Waals surface area contributed by atoms with Crippen molar-refractivity contribution < 1.29 is 4.40 Å². The molecule has 0 aliphatic rings. The van der Waals surface area contributed by atoms with E-state index in [9.17, 15) is 4.79 Å². The molecular formula is C7H8N3O+. The number of nitrogens with one attached hydrogen (secondary N) is 2. The highest BCUT2D eigenvalue weighted by molar-refractivity contribution is 5.23. The van der Waals surface area contributed by atoms with E-state index in [1.807, 2.05) is 13.1 Å². The Kier molecular flexibility index (Phi) is 1.09. The lowest BCUT2D eigenvalue weighted by Gasteiger charge is -1.87. The van der Waals surface area contributed by atoms with E-state index < -0.39 is 0 Å². The standard InChI is InChI=1S/C7H7N3O/c1-5-4-10-3-2-8-6(10)7(11)9-5/h2-4H,1H3,(H,9,11)/p+1. The van der Waals surface area contributed by atoms with Crippen molar-refractivity contribution in [3.8, 4) is 0 Å². The number of hydrogen-bond donors (Lipinski definition) is 2. The Balaban J connectivity index is 3.02. The van der Waals surface area contributed by atoms with Crippen LogP contribution in [0.4, 0.5) is 0 Å². The number of nitrogens with zero attached hydrogens (tertiary/aromatic N) is 1. The van der Waals surface area contributed by atoms with Gasteiger partial charge >= 0.3 is 11.2 Å². The third kappa shape index (κ3) is 0.832. The average Bonchev–Trinajstić information content (AvgIpc) is 2.34. The molecule has 0 amide bonds. The second kappa shape index (κ2) is 1.95. The number of imidazole rings is 1. The van der Waals surface area contributed by atoms with Crippen LogP contribution in [0.5, 0.6) is 0 Å². The fraction of sp³-hybridized carbons (Fsp3) is 0.143. The van der Waals surface area contributed by atoms with Crippen LogP contribution in [0.1, 0.15) is 5.69 Å². The van der Waals surface area contributed by atoms with Gasteiger partial charge in [-0.3, -0.25) is 4.79 Å². The van der Waals surface area contributed by atoms with Crippen molar-refractivity contribution in [2.45, 2.75) is 6.92 Å². The third-order valence-corrected chi connectivity index (χ3v) is 1.57. The first-order chi connectivity index (χ1) is 5.27. The first-order valence-electron chi connectivity index (χ1n) is 3.35. The van der Waals surface area contributed by atoms with Crippen LogP contribution in [-0.2, 0) is 0 Å². The SMILES string of the molecule is Cc1c[n+]2cc[nH]c2c(=O)[nH]1. The second-order valence-electron chi connectivity index (χ2n) is 2.48. The minimum absolute atomic E-state index is 0.0880. The molecule has 0 saturated heterocycles. The van der Waals surface area contributed by atoms with Gasteiger partial charge in [0.05, 0.1) is 5.69 Å². The summed E-state index contributed by atoms with van der Waals surface area (Å²) in [6.07, 6.45) is 5.38. The highest BCUT2D eigenvalue weighted by atomic mass is 16.1. The highest BCUT2D eigenvalue weighted by Crippen LogP contribution is 1.84. The van der Waals surface area contributed by atoms with Gasteiger partial charge in [0.1, 0.15) is 18.6 Å². The van der Waals surface area contributed by atoms with Crippen molar-refractivity contribution in [3.05, 3.63) is 34.6 Å². The van der Waals surface area contributed by atoms with E-state index in [1.54, 1.807) is 16.8 Å². The zero-order chi connectivity index (χ0) is 7.84. The van der Waals surface area contributed by atoms with Gasteiger partial charge in [-0.05, 0) is 6.92 Å². The Bertz CT molecular complexity index is 440. The van der Waals surface area contributed by atoms with Gasteiger partial charge in [-0.15, -0.1) is 0 Å². The lowest BCUT2D eigenvalue weighted by molar-refractivity contribution is -0.511. The minimum Gasteiger partial charge on any atom is -0.316 e. The molecule has 0 bridgehead atoms. The number of rotatable bonds is 0. The third-order valence-electron chi connectivity index (χ3n) is 1.57. The van der Waals surface area contributed by atoms with E-state index in [1.165, 1.54) is 0 Å². The molecule has 11 heavy (non-hydrogen) atoms. The first-order valence-corrected chi connectivity index (χ1v) is 3.35. The molecule has 0 unspecified atom stereocenters. The van der Waals surface area contributed by atoms with E-state index in [0.717, 1.165) is 5.69 Å². The van der Waals surface area contributed by atoms with Crippen molar-refractivity contribution in [1.29, 1.82) is 0 Å². The summed E-state index contributed by atoms with van der Waals surface area (Å²) in [5.41, 5.74) is 1.33. The molecule has 2 rings (SSSR count). The van der Waals surface area contributed by atoms with Gasteiger partial charge in [0.25, 0.3) is 0 Å². The second-order valence-corrected chi connectivity index (χ2v) is 2.48. The average molecular weight is 150 g/mol. The Morgan fingerprint density at radius 3 is 3.18 bits per heavy atom. The Hall–Kier alpha value is -1.58. The molecule has 4 nitrogen and oxygen atoms in total. The van der Waals surface area contributed by atoms with Crippen molar-refractivity contribution >= 4 is 5.65 Å². The predicted octanol–water partition coefficient (Wildman–Crippen LogP) is -0.250. The molecule has 0 fully saturated rings. The van der Waals surface area contributed by atoms with Crippen molar-refractivity contribution in [1.82, 2.24) is 9.97 Å². The van der Waals surface area contributed by atoms with Gasteiger partial charge in [0.15, 0.2) is 0 Å². The summed E-state index contributed by atoms with van der Waals surface area (Å²) < 4.78 is 1.76. The van der Waals surface area contributed by atoms with Gasteiger partial charge < -0.3 is 4.98 Å². The van der Waals surface area contributed by atoms with Crippen LogP contribution in [0.25, 0.3) is 5.65 Å². The molecule has 56 valence electrons. The monoisotopic (exact) mass is 150 g/mol. The summed E-state index contributed by atoms with van der Waals surface area (Å²) in [7, 11) is 0. The minimum atomic E-state index is -0.0880. The molecule has 4 heteroatoms. The number of H-pyrrole nitrogens is 2. The molecule has 0 radical (unpaired) electrons. The van der Waals surface area contributed by atoms with E-state index in [4.69, 9.17) is 0 Å². The topological polar surface area (TPSA) is 52.8 Å². The number of aromatic nitrogens is 3. The normalized spacial score (nSPS) is 10.6. The quantitative estimate of drug-likeness (QED) is 0.500. The molecule has 0 spiro atoms. The van der Waals surface area contributed by atoms with E-state index in [-0.39, 0.29) is 5.56 Å². The van der Waals surface area contributed by atoms with Crippen molar-refractivity contribution in [2.24, 2.45) is 0 Å². The lowest BCUT2D eigenvalue weighted by atomic mass is 10.5. The van der Waals surface area contributed by atoms with Crippen LogP contribution in [0.3, 0.4) is 0 Å². The van der Waals surface area contributed by atoms with Crippen molar-refractivity contribution in [3.63, 3.8) is 0 Å². The molecule has 2 aromatic heterocycles. The molecule has 0 aromatic carbocycles. The molecule has 2 aromatic rings. The molecule has 2 heterocycles. The Morgan fingerprint density at radius 1 is 1.55 bits per heavy atom.